The van der Waals surface area contributed by atoms with Crippen LogP contribution in [0.15, 0.2) is 48.5 Å². The average Bonchev–Trinajstić information content (AvgIpc) is 3.10. The van der Waals surface area contributed by atoms with Crippen molar-refractivity contribution in [3.63, 3.8) is 0 Å². The van der Waals surface area contributed by atoms with Gasteiger partial charge in [0.25, 0.3) is 0 Å². The van der Waals surface area contributed by atoms with Crippen molar-refractivity contribution >= 4 is 18.0 Å². The van der Waals surface area contributed by atoms with Crippen LogP contribution in [0.2, 0.25) is 0 Å². The van der Waals surface area contributed by atoms with Crippen LogP contribution in [0.5, 0.6) is 0 Å². The van der Waals surface area contributed by atoms with Crippen LogP contribution in [-0.2, 0) is 14.3 Å². The molecule has 0 unspecified atom stereocenters. The Morgan fingerprint density at radius 1 is 1.00 bits per heavy atom. The molecule has 8 nitrogen and oxygen atoms in total. The molecule has 3 rings (SSSR count). The Morgan fingerprint density at radius 3 is 2.16 bits per heavy atom. The molecule has 8 heteroatoms. The summed E-state index contributed by atoms with van der Waals surface area (Å²) in [6, 6.07) is 14.0. The van der Waals surface area contributed by atoms with Crippen molar-refractivity contribution < 1.29 is 24.2 Å². The van der Waals surface area contributed by atoms with E-state index >= 15 is 0 Å². The highest BCUT2D eigenvalue weighted by Crippen LogP contribution is 2.44. The molecule has 1 aliphatic carbocycles. The van der Waals surface area contributed by atoms with Crippen molar-refractivity contribution in [1.82, 2.24) is 10.6 Å². The lowest BCUT2D eigenvalue weighted by atomic mass is 9.98. The van der Waals surface area contributed by atoms with Crippen LogP contribution in [0.3, 0.4) is 0 Å². The first-order valence-electron chi connectivity index (χ1n) is 10.8. The second-order valence-corrected chi connectivity index (χ2v) is 7.88. The first-order chi connectivity index (χ1) is 15.4. The minimum Gasteiger partial charge on any atom is -0.480 e. The highest BCUT2D eigenvalue weighted by atomic mass is 16.5. The monoisotopic (exact) mass is 439 g/mol. The Morgan fingerprint density at radius 2 is 1.59 bits per heavy atom. The van der Waals surface area contributed by atoms with Gasteiger partial charge in [-0.15, -0.1) is 0 Å². The molecular weight excluding hydrogens is 410 g/mol. The molecule has 0 heterocycles. The Labute approximate surface area is 187 Å². The fraction of sp³-hybridized carbons (Fsp3) is 0.375. The predicted octanol–water partition coefficient (Wildman–Crippen LogP) is 2.61. The van der Waals surface area contributed by atoms with E-state index in [2.05, 4.69) is 10.6 Å². The summed E-state index contributed by atoms with van der Waals surface area (Å²) in [4.78, 5) is 36.0. The van der Waals surface area contributed by atoms with Gasteiger partial charge in [-0.05, 0) is 55.0 Å². The second kappa shape index (κ2) is 10.8. The number of amides is 2. The molecule has 2 aromatic carbocycles. The van der Waals surface area contributed by atoms with Crippen LogP contribution in [0.25, 0.3) is 11.1 Å². The van der Waals surface area contributed by atoms with E-state index < -0.39 is 30.1 Å². The van der Waals surface area contributed by atoms with Crippen LogP contribution in [0, 0.1) is 0 Å². The number of ether oxygens (including phenoxy) is 1. The number of hydrogen-bond donors (Lipinski definition) is 4. The van der Waals surface area contributed by atoms with Gasteiger partial charge in [-0.3, -0.25) is 4.79 Å². The number of nitrogens with one attached hydrogen (secondary N) is 2. The largest absolute Gasteiger partial charge is 0.480 e. The summed E-state index contributed by atoms with van der Waals surface area (Å²) in [7, 11) is 0. The molecule has 0 spiro atoms. The fourth-order valence-corrected chi connectivity index (χ4v) is 3.93. The third-order valence-electron chi connectivity index (χ3n) is 5.63. The fourth-order valence-electron chi connectivity index (χ4n) is 3.93. The van der Waals surface area contributed by atoms with Gasteiger partial charge in [-0.1, -0.05) is 48.5 Å². The number of hydrogen-bond acceptors (Lipinski definition) is 5. The van der Waals surface area contributed by atoms with Crippen molar-refractivity contribution in [1.29, 1.82) is 0 Å². The summed E-state index contributed by atoms with van der Waals surface area (Å²) in [5, 5.41) is 14.2. The van der Waals surface area contributed by atoms with Gasteiger partial charge in [-0.2, -0.15) is 0 Å². The van der Waals surface area contributed by atoms with E-state index in [0.717, 1.165) is 22.3 Å². The second-order valence-electron chi connectivity index (χ2n) is 7.88. The first-order valence-corrected chi connectivity index (χ1v) is 10.8. The maximum Gasteiger partial charge on any atom is 0.407 e. The number of carbonyl (C=O) groups excluding carboxylic acids is 2. The maximum absolute atomic E-state index is 12.3. The van der Waals surface area contributed by atoms with Gasteiger partial charge in [0.15, 0.2) is 0 Å². The Hall–Kier alpha value is -3.39. The molecule has 0 radical (unpaired) electrons. The standard InChI is InChI=1S/C24H29N3O5/c1-15(22(28)27-21(23(29)30)12-6-7-13-25)26-24(31)32-14-20-18-10-4-2-8-16(18)17-9-3-5-11-19(17)20/h2-5,8-11,15,20-21H,6-7,12-14,25H2,1H3,(H,26,31)(H,27,28)(H,29,30)/t15-,21+/m0/s1. The molecule has 0 saturated heterocycles. The zero-order valence-corrected chi connectivity index (χ0v) is 18.0. The SMILES string of the molecule is C[C@H](NC(=O)OCC1c2ccccc2-c2ccccc21)C(=O)N[C@H](CCCCN)C(=O)O. The molecule has 2 atom stereocenters. The Kier molecular flexibility index (Phi) is 7.83. The molecule has 0 aliphatic heterocycles. The number of alkyl carbamates (subject to hydrolysis) is 1. The minimum atomic E-state index is -1.12. The van der Waals surface area contributed by atoms with Crippen molar-refractivity contribution in [3.05, 3.63) is 59.7 Å². The summed E-state index contributed by atoms with van der Waals surface area (Å²) in [6.07, 6.45) is 0.801. The van der Waals surface area contributed by atoms with Crippen molar-refractivity contribution in [2.75, 3.05) is 13.2 Å². The van der Waals surface area contributed by atoms with Gasteiger partial charge in [0.05, 0.1) is 0 Å². The lowest BCUT2D eigenvalue weighted by Gasteiger charge is -2.19. The molecule has 2 amide bonds. The summed E-state index contributed by atoms with van der Waals surface area (Å²) < 4.78 is 5.43. The third-order valence-corrected chi connectivity index (χ3v) is 5.63. The third kappa shape index (κ3) is 5.45. The normalized spacial score (nSPS) is 14.1. The van der Waals surface area contributed by atoms with E-state index in [9.17, 15) is 19.5 Å². The van der Waals surface area contributed by atoms with Gasteiger partial charge < -0.3 is 26.2 Å². The molecule has 0 bridgehead atoms. The highest BCUT2D eigenvalue weighted by Gasteiger charge is 2.29. The number of carboxylic acids is 1. The number of nitrogens with two attached hydrogens (primary N) is 1. The molecule has 0 fully saturated rings. The van der Waals surface area contributed by atoms with Gasteiger partial charge in [0.1, 0.15) is 18.7 Å². The number of unbranched alkanes of at least 4 members (excludes halogenated alkanes) is 1. The summed E-state index contributed by atoms with van der Waals surface area (Å²) in [6.45, 7) is 2.07. The van der Waals surface area contributed by atoms with E-state index in [1.54, 1.807) is 0 Å². The van der Waals surface area contributed by atoms with Gasteiger partial charge in [-0.25, -0.2) is 9.59 Å². The molecule has 2 aromatic rings. The highest BCUT2D eigenvalue weighted by molar-refractivity contribution is 5.89. The van der Waals surface area contributed by atoms with Crippen LogP contribution < -0.4 is 16.4 Å². The van der Waals surface area contributed by atoms with Crippen LogP contribution >= 0.6 is 0 Å². The zero-order valence-electron chi connectivity index (χ0n) is 18.0. The van der Waals surface area contributed by atoms with Gasteiger partial charge in [0.2, 0.25) is 5.91 Å². The Bertz CT molecular complexity index is 932. The van der Waals surface area contributed by atoms with Crippen molar-refractivity contribution in [3.8, 4) is 11.1 Å². The molecule has 170 valence electrons. The predicted molar refractivity (Wildman–Crippen MR) is 120 cm³/mol. The lowest BCUT2D eigenvalue weighted by Crippen LogP contribution is -2.50. The van der Waals surface area contributed by atoms with Gasteiger partial charge in [0, 0.05) is 5.92 Å². The minimum absolute atomic E-state index is 0.0868. The van der Waals surface area contributed by atoms with Crippen molar-refractivity contribution in [2.45, 2.75) is 44.2 Å². The number of aliphatic carboxylic acids is 1. The van der Waals surface area contributed by atoms with Gasteiger partial charge >= 0.3 is 12.1 Å². The Balaban J connectivity index is 1.54. The van der Waals surface area contributed by atoms with Crippen LogP contribution in [0.1, 0.15) is 43.2 Å². The zero-order chi connectivity index (χ0) is 23.1. The topological polar surface area (TPSA) is 131 Å². The van der Waals surface area contributed by atoms with Crippen molar-refractivity contribution in [2.24, 2.45) is 5.73 Å². The maximum atomic E-state index is 12.3. The molecule has 0 aromatic heterocycles. The molecular formula is C24H29N3O5. The molecule has 0 saturated carbocycles. The average molecular weight is 440 g/mol. The van der Waals surface area contributed by atoms with E-state index in [1.165, 1.54) is 6.92 Å². The van der Waals surface area contributed by atoms with E-state index in [-0.39, 0.29) is 18.9 Å². The smallest absolute Gasteiger partial charge is 0.407 e. The first kappa shape index (κ1) is 23.3. The summed E-state index contributed by atoms with van der Waals surface area (Å²) in [5.41, 5.74) is 9.86. The molecule has 5 N–H and O–H groups in total. The molecule has 1 aliphatic rings. The number of carboxylic acid groups (broad SMARTS) is 1. The van der Waals surface area contributed by atoms with Crippen LogP contribution in [-0.4, -0.2) is 48.3 Å². The quantitative estimate of drug-likeness (QED) is 0.421. The number of fused-ring (bicyclic) bond motifs is 3. The van der Waals surface area contributed by atoms with Crippen LogP contribution in [0.4, 0.5) is 4.79 Å². The summed E-state index contributed by atoms with van der Waals surface area (Å²) in [5.74, 6) is -1.79. The summed E-state index contributed by atoms with van der Waals surface area (Å²) >= 11 is 0. The van der Waals surface area contributed by atoms with E-state index in [0.29, 0.717) is 19.4 Å². The number of carbonyl (C=O) groups is 3. The lowest BCUT2D eigenvalue weighted by molar-refractivity contribution is -0.142. The molecule has 32 heavy (non-hydrogen) atoms. The number of rotatable bonds is 10. The van der Waals surface area contributed by atoms with E-state index in [1.807, 2.05) is 48.5 Å². The van der Waals surface area contributed by atoms with E-state index in [4.69, 9.17) is 10.5 Å². The number of benzene rings is 2.